The minimum atomic E-state index is -0.515. The van der Waals surface area contributed by atoms with Crippen LogP contribution < -0.4 is 39.9 Å². The molecule has 0 fully saturated rings. The zero-order chi connectivity index (χ0) is 32.5. The van der Waals surface area contributed by atoms with Crippen molar-refractivity contribution < 1.29 is 33.3 Å². The van der Waals surface area contributed by atoms with Crippen molar-refractivity contribution in [2.45, 2.75) is 45.6 Å². The lowest BCUT2D eigenvalue weighted by atomic mass is 9.95. The second-order valence-corrected chi connectivity index (χ2v) is 10.4. The van der Waals surface area contributed by atoms with Crippen molar-refractivity contribution in [1.82, 2.24) is 10.7 Å². The highest BCUT2D eigenvalue weighted by Crippen LogP contribution is 2.50. The predicted octanol–water partition coefficient (Wildman–Crippen LogP) is 4.57. The van der Waals surface area contributed by atoms with Crippen LogP contribution in [0.15, 0.2) is 58.4 Å². The number of carbonyl (C=O) groups excluding carboxylic acids is 2. The van der Waals surface area contributed by atoms with E-state index in [1.807, 2.05) is 13.0 Å². The molecule has 2 amide bonds. The molecule has 238 valence electrons. The number of ether oxygens (including phenoxy) is 5. The summed E-state index contributed by atoms with van der Waals surface area (Å²) in [5.41, 5.74) is 6.65. The van der Waals surface area contributed by atoms with Crippen molar-refractivity contribution >= 4 is 17.5 Å². The quantitative estimate of drug-likeness (QED) is 0.223. The fourth-order valence-corrected chi connectivity index (χ4v) is 5.29. The average Bonchev–Trinajstić information content (AvgIpc) is 3.30. The first-order valence-corrected chi connectivity index (χ1v) is 14.6. The van der Waals surface area contributed by atoms with Gasteiger partial charge in [0.05, 0.1) is 40.2 Å². The van der Waals surface area contributed by atoms with E-state index in [0.717, 1.165) is 23.1 Å². The maximum absolute atomic E-state index is 13.2. The number of hydrogen-bond acceptors (Lipinski definition) is 9. The van der Waals surface area contributed by atoms with Gasteiger partial charge in [0.1, 0.15) is 5.75 Å². The number of carbonyl (C=O) groups is 2. The highest BCUT2D eigenvalue weighted by molar-refractivity contribution is 5.99. The van der Waals surface area contributed by atoms with Crippen molar-refractivity contribution in [3.05, 3.63) is 75.4 Å². The van der Waals surface area contributed by atoms with Gasteiger partial charge in [0.2, 0.25) is 17.1 Å². The molecule has 3 aromatic rings. The summed E-state index contributed by atoms with van der Waals surface area (Å²) in [5.74, 6) is 1.58. The lowest BCUT2D eigenvalue weighted by molar-refractivity contribution is -0.124. The number of amides is 2. The van der Waals surface area contributed by atoms with Crippen LogP contribution in [0.25, 0.3) is 11.1 Å². The van der Waals surface area contributed by atoms with Gasteiger partial charge in [0, 0.05) is 12.0 Å². The fraction of sp³-hybridized carbons (Fsp3) is 0.353. The molecule has 2 N–H and O–H groups in total. The van der Waals surface area contributed by atoms with Crippen molar-refractivity contribution in [3.63, 3.8) is 0 Å². The molecule has 0 spiro atoms. The normalized spacial score (nSPS) is 13.8. The Kier molecular flexibility index (Phi) is 11.0. The molecule has 0 heterocycles. The van der Waals surface area contributed by atoms with Crippen LogP contribution in [0.2, 0.25) is 0 Å². The van der Waals surface area contributed by atoms with Crippen LogP contribution in [0.4, 0.5) is 0 Å². The third-order valence-corrected chi connectivity index (χ3v) is 7.52. The molecule has 1 aliphatic carbocycles. The molecule has 0 saturated heterocycles. The fourth-order valence-electron chi connectivity index (χ4n) is 5.29. The number of methoxy groups -OCH3 is 4. The summed E-state index contributed by atoms with van der Waals surface area (Å²) in [5, 5.41) is 7.19. The molecule has 1 atom stereocenters. The molecule has 0 aromatic heterocycles. The van der Waals surface area contributed by atoms with Gasteiger partial charge in [-0.15, -0.1) is 0 Å². The highest BCUT2D eigenvalue weighted by Gasteiger charge is 2.30. The Labute approximate surface area is 262 Å². The zero-order valence-corrected chi connectivity index (χ0v) is 26.4. The molecule has 3 aromatic carbocycles. The summed E-state index contributed by atoms with van der Waals surface area (Å²) >= 11 is 0. The van der Waals surface area contributed by atoms with E-state index in [1.165, 1.54) is 20.3 Å². The number of hydrogen-bond donors (Lipinski definition) is 2. The lowest BCUT2D eigenvalue weighted by Crippen LogP contribution is -2.33. The minimum absolute atomic E-state index is 0.138. The molecule has 0 aliphatic heterocycles. The summed E-state index contributed by atoms with van der Waals surface area (Å²) < 4.78 is 28.1. The average molecular weight is 618 g/mol. The number of aryl methyl sites for hydroxylation is 1. The maximum Gasteiger partial charge on any atom is 0.258 e. The molecule has 0 radical (unpaired) electrons. The standard InChI is InChI=1S/C34H39N3O8/c1-7-8-30(39)37-36-20(2)21-9-12-23(13-10-21)45-19-31(40)35-26-15-11-22-17-29(42-4)33(43-5)34(44-6)32(22)24-14-16-28(41-3)27(38)18-25(24)26/h9-10,12-14,16-18,26H,7-8,11,15,19H2,1-6H3,(H,35,40)(H,37,39)/b36-20+/t26-/m0/s1. The van der Waals surface area contributed by atoms with Gasteiger partial charge in [-0.1, -0.05) is 13.0 Å². The van der Waals surface area contributed by atoms with Crippen LogP contribution in [-0.2, 0) is 16.0 Å². The van der Waals surface area contributed by atoms with Gasteiger partial charge in [0.25, 0.3) is 5.91 Å². The van der Waals surface area contributed by atoms with Crippen LogP contribution in [0.3, 0.4) is 0 Å². The SMILES string of the molecule is CCCC(=O)N/N=C(\C)c1ccc(OCC(=O)N[C@H]2CCc3cc(OC)c(OC)c(OC)c3-c3ccc(OC)c(=O)cc32)cc1. The van der Waals surface area contributed by atoms with Gasteiger partial charge in [-0.3, -0.25) is 14.4 Å². The molecule has 0 unspecified atom stereocenters. The number of rotatable bonds is 12. The van der Waals surface area contributed by atoms with E-state index in [9.17, 15) is 14.4 Å². The zero-order valence-electron chi connectivity index (χ0n) is 26.4. The van der Waals surface area contributed by atoms with Gasteiger partial charge < -0.3 is 29.0 Å². The molecule has 0 bridgehead atoms. The first kappa shape index (κ1) is 32.8. The van der Waals surface area contributed by atoms with Crippen molar-refractivity contribution in [1.29, 1.82) is 0 Å². The van der Waals surface area contributed by atoms with Crippen LogP contribution in [0, 0.1) is 0 Å². The minimum Gasteiger partial charge on any atom is -0.493 e. The molecular formula is C34H39N3O8. The van der Waals surface area contributed by atoms with Crippen LogP contribution in [-0.4, -0.2) is 52.6 Å². The number of nitrogens with one attached hydrogen (secondary N) is 2. The van der Waals surface area contributed by atoms with Gasteiger partial charge in [-0.2, -0.15) is 5.10 Å². The number of benzene rings is 2. The smallest absolute Gasteiger partial charge is 0.258 e. The van der Waals surface area contributed by atoms with E-state index < -0.39 is 6.04 Å². The van der Waals surface area contributed by atoms with Crippen LogP contribution in [0.5, 0.6) is 28.7 Å². The largest absolute Gasteiger partial charge is 0.493 e. The molecule has 0 saturated carbocycles. The van der Waals surface area contributed by atoms with Crippen LogP contribution in [0.1, 0.15) is 55.8 Å². The van der Waals surface area contributed by atoms with Gasteiger partial charge in [0.15, 0.2) is 23.9 Å². The molecule has 1 aliphatic rings. The Bertz CT molecular complexity index is 1640. The first-order valence-electron chi connectivity index (χ1n) is 14.6. The molecular weight excluding hydrogens is 578 g/mol. The van der Waals surface area contributed by atoms with Crippen molar-refractivity contribution in [3.8, 4) is 39.9 Å². The maximum atomic E-state index is 13.2. The third-order valence-electron chi connectivity index (χ3n) is 7.52. The molecule has 11 nitrogen and oxygen atoms in total. The number of nitrogens with zero attached hydrogens (tertiary/aromatic N) is 1. The Morgan fingerprint density at radius 2 is 1.60 bits per heavy atom. The lowest BCUT2D eigenvalue weighted by Gasteiger charge is -2.20. The van der Waals surface area contributed by atoms with E-state index in [0.29, 0.717) is 59.1 Å². The summed E-state index contributed by atoms with van der Waals surface area (Å²) in [6.45, 7) is 3.48. The first-order chi connectivity index (χ1) is 21.7. The van der Waals surface area contributed by atoms with Gasteiger partial charge >= 0.3 is 0 Å². The van der Waals surface area contributed by atoms with Crippen molar-refractivity contribution in [2.75, 3.05) is 35.0 Å². The van der Waals surface area contributed by atoms with E-state index in [-0.39, 0.29) is 29.6 Å². The Morgan fingerprint density at radius 3 is 2.24 bits per heavy atom. The second kappa shape index (κ2) is 15.1. The molecule has 45 heavy (non-hydrogen) atoms. The Hall–Kier alpha value is -5.06. The van der Waals surface area contributed by atoms with E-state index in [2.05, 4.69) is 15.8 Å². The molecule has 4 rings (SSSR count). The topological polar surface area (TPSA) is 134 Å². The van der Waals surface area contributed by atoms with Crippen LogP contribution >= 0.6 is 0 Å². The summed E-state index contributed by atoms with van der Waals surface area (Å²) in [4.78, 5) is 38.0. The highest BCUT2D eigenvalue weighted by atomic mass is 16.5. The summed E-state index contributed by atoms with van der Waals surface area (Å²) in [6.07, 6.45) is 2.21. The predicted molar refractivity (Wildman–Crippen MR) is 171 cm³/mol. The second-order valence-electron chi connectivity index (χ2n) is 10.4. The monoisotopic (exact) mass is 617 g/mol. The van der Waals surface area contributed by atoms with E-state index in [1.54, 1.807) is 57.5 Å². The summed E-state index contributed by atoms with van der Waals surface area (Å²) in [6, 6.07) is 13.4. The van der Waals surface area contributed by atoms with Gasteiger partial charge in [-0.05, 0) is 90.9 Å². The van der Waals surface area contributed by atoms with Crippen molar-refractivity contribution in [2.24, 2.45) is 5.10 Å². The van der Waals surface area contributed by atoms with Gasteiger partial charge in [-0.25, -0.2) is 5.43 Å². The molecule has 11 heteroatoms. The van der Waals surface area contributed by atoms with E-state index in [4.69, 9.17) is 23.7 Å². The van der Waals surface area contributed by atoms with E-state index >= 15 is 0 Å². The number of hydrazone groups is 1. The summed E-state index contributed by atoms with van der Waals surface area (Å²) in [7, 11) is 6.08. The Balaban J connectivity index is 1.57. The third kappa shape index (κ3) is 7.54. The Morgan fingerprint density at radius 1 is 0.889 bits per heavy atom. The number of fused-ring (bicyclic) bond motifs is 3.